The van der Waals surface area contributed by atoms with E-state index in [0.29, 0.717) is 0 Å². The Morgan fingerprint density at radius 3 is 1.76 bits per heavy atom. The maximum absolute atomic E-state index is 5.02. The van der Waals surface area contributed by atoms with Crippen molar-refractivity contribution in [2.75, 3.05) is 0 Å². The summed E-state index contributed by atoms with van der Waals surface area (Å²) in [6.45, 7) is 35.3. The quantitative estimate of drug-likeness (QED) is 0.105. The van der Waals surface area contributed by atoms with Crippen molar-refractivity contribution in [1.82, 2.24) is 0 Å². The lowest BCUT2D eigenvalue weighted by molar-refractivity contribution is 0.624. The monoisotopic (exact) mass is 618 g/mol. The number of allylic oxidation sites excluding steroid dienone is 10. The molecule has 256 valence electrons. The minimum absolute atomic E-state index is 0.889. The SMILES string of the molecule is C=C/C=C(\C=C/C)C(/C)=C/C=C(\C)C(CC)=Nc1cc(C(=C)C)ccc1CC.CC.CC.CCC1CC1.CCCCCCCC. The summed E-state index contributed by atoms with van der Waals surface area (Å²) >= 11 is 0. The Morgan fingerprint density at radius 2 is 1.38 bits per heavy atom. The average molecular weight is 618 g/mol. The highest BCUT2D eigenvalue weighted by molar-refractivity contribution is 6.01. The third-order valence-corrected chi connectivity index (χ3v) is 7.42. The summed E-state index contributed by atoms with van der Waals surface area (Å²) in [7, 11) is 0. The highest BCUT2D eigenvalue weighted by Crippen LogP contribution is 2.31. The van der Waals surface area contributed by atoms with Gasteiger partial charge in [0.25, 0.3) is 0 Å². The lowest BCUT2D eigenvalue weighted by Crippen LogP contribution is -1.98. The standard InChI is InChI=1S/C27H35N.C8H18.C5H10.2C2H6/c1-9-13-24(14-10-2)21(7)15-16-22(8)26(12-4)28-27-19-25(20(5)6)18-17-23(27)11-3;1-3-5-7-8-6-4-2;1-2-5-3-4-5;2*1-2/h9-10,13-19H,1,5,11-12H2,2-4,6-8H3;3-8H2,1-2H3;5H,2-4H2,1H3;2*1-2H3/b14-10-,21-15+,22-16+,24-13+,28-26?;;;;. The number of benzene rings is 1. The second kappa shape index (κ2) is 32.7. The molecule has 0 unspecified atom stereocenters. The van der Waals surface area contributed by atoms with Gasteiger partial charge in [0.2, 0.25) is 0 Å². The van der Waals surface area contributed by atoms with Crippen molar-refractivity contribution < 1.29 is 0 Å². The Labute approximate surface area is 283 Å². The normalized spacial score (nSPS) is 13.3. The molecule has 2 rings (SSSR count). The first kappa shape index (κ1) is 46.7. The Bertz CT molecular complexity index is 1030. The lowest BCUT2D eigenvalue weighted by atomic mass is 10.0. The maximum Gasteiger partial charge on any atom is 0.0670 e. The van der Waals surface area contributed by atoms with Gasteiger partial charge in [0, 0.05) is 5.71 Å². The van der Waals surface area contributed by atoms with Crippen molar-refractivity contribution in [3.05, 3.63) is 95.7 Å². The number of rotatable bonds is 15. The fraction of sp³-hybridized carbons (Fsp3) is 0.568. The lowest BCUT2D eigenvalue weighted by Gasteiger charge is -2.10. The van der Waals surface area contributed by atoms with Gasteiger partial charge in [0.05, 0.1) is 5.69 Å². The predicted molar refractivity (Wildman–Crippen MR) is 213 cm³/mol. The van der Waals surface area contributed by atoms with E-state index < -0.39 is 0 Å². The molecular formula is C44H75N. The molecule has 1 aromatic rings. The smallest absolute Gasteiger partial charge is 0.0670 e. The second-order valence-corrected chi connectivity index (χ2v) is 11.2. The van der Waals surface area contributed by atoms with E-state index in [1.807, 2.05) is 59.8 Å². The predicted octanol–water partition coefficient (Wildman–Crippen LogP) is 15.6. The molecule has 0 atom stereocenters. The van der Waals surface area contributed by atoms with Crippen LogP contribution in [0, 0.1) is 5.92 Å². The van der Waals surface area contributed by atoms with E-state index in [4.69, 9.17) is 4.99 Å². The molecule has 0 radical (unpaired) electrons. The van der Waals surface area contributed by atoms with Crippen LogP contribution in [0.3, 0.4) is 0 Å². The second-order valence-electron chi connectivity index (χ2n) is 11.2. The number of hydrogen-bond acceptors (Lipinski definition) is 1. The van der Waals surface area contributed by atoms with Gasteiger partial charge in [0.1, 0.15) is 0 Å². The van der Waals surface area contributed by atoms with Crippen molar-refractivity contribution in [1.29, 1.82) is 0 Å². The molecule has 0 spiro atoms. The Morgan fingerprint density at radius 1 is 0.822 bits per heavy atom. The summed E-state index contributed by atoms with van der Waals surface area (Å²) in [5.41, 5.74) is 9.18. The number of hydrogen-bond donors (Lipinski definition) is 0. The molecule has 0 saturated heterocycles. The summed E-state index contributed by atoms with van der Waals surface area (Å²) < 4.78 is 0. The largest absolute Gasteiger partial charge is 0.253 e. The molecule has 1 saturated carbocycles. The summed E-state index contributed by atoms with van der Waals surface area (Å²) in [5.74, 6) is 1.13. The van der Waals surface area contributed by atoms with E-state index >= 15 is 0 Å². The van der Waals surface area contributed by atoms with E-state index in [9.17, 15) is 0 Å². The fourth-order valence-electron chi connectivity index (χ4n) is 4.27. The van der Waals surface area contributed by atoms with Gasteiger partial charge in [0.15, 0.2) is 0 Å². The van der Waals surface area contributed by atoms with E-state index in [2.05, 4.69) is 98.1 Å². The van der Waals surface area contributed by atoms with Gasteiger partial charge < -0.3 is 0 Å². The van der Waals surface area contributed by atoms with Crippen LogP contribution >= 0.6 is 0 Å². The van der Waals surface area contributed by atoms with Crippen molar-refractivity contribution in [3.8, 4) is 0 Å². The van der Waals surface area contributed by atoms with Gasteiger partial charge in [-0.25, -0.2) is 0 Å². The van der Waals surface area contributed by atoms with Crippen molar-refractivity contribution in [2.24, 2.45) is 10.9 Å². The van der Waals surface area contributed by atoms with Crippen molar-refractivity contribution in [3.63, 3.8) is 0 Å². The van der Waals surface area contributed by atoms with Gasteiger partial charge >= 0.3 is 0 Å². The van der Waals surface area contributed by atoms with Crippen LogP contribution in [0.25, 0.3) is 5.57 Å². The Kier molecular flexibility index (Phi) is 34.0. The van der Waals surface area contributed by atoms with Crippen molar-refractivity contribution in [2.45, 2.75) is 161 Å². The molecule has 45 heavy (non-hydrogen) atoms. The molecule has 1 aliphatic rings. The Hall–Kier alpha value is -2.67. The number of aryl methyl sites for hydroxylation is 1. The zero-order valence-corrected chi connectivity index (χ0v) is 32.4. The van der Waals surface area contributed by atoms with E-state index in [1.54, 1.807) is 0 Å². The summed E-state index contributed by atoms with van der Waals surface area (Å²) in [4.78, 5) is 5.02. The highest BCUT2D eigenvalue weighted by atomic mass is 14.8. The molecule has 0 aromatic heterocycles. The van der Waals surface area contributed by atoms with Crippen LogP contribution in [0.1, 0.15) is 165 Å². The van der Waals surface area contributed by atoms with E-state index in [0.717, 1.165) is 41.3 Å². The minimum atomic E-state index is 0.889. The molecule has 1 aromatic carbocycles. The summed E-state index contributed by atoms with van der Waals surface area (Å²) in [6.07, 6.45) is 27.1. The molecular weight excluding hydrogens is 542 g/mol. The van der Waals surface area contributed by atoms with Crippen LogP contribution in [0.2, 0.25) is 0 Å². The van der Waals surface area contributed by atoms with Crippen LogP contribution in [-0.2, 0) is 6.42 Å². The molecule has 1 heteroatoms. The molecule has 0 aliphatic heterocycles. The zero-order valence-electron chi connectivity index (χ0n) is 32.4. The maximum atomic E-state index is 5.02. The van der Waals surface area contributed by atoms with Gasteiger partial charge in [-0.2, -0.15) is 0 Å². The van der Waals surface area contributed by atoms with E-state index in [-0.39, 0.29) is 0 Å². The highest BCUT2D eigenvalue weighted by Gasteiger charge is 2.17. The zero-order chi connectivity index (χ0) is 35.0. The topological polar surface area (TPSA) is 12.4 Å². The fourth-order valence-corrected chi connectivity index (χ4v) is 4.27. The van der Waals surface area contributed by atoms with Gasteiger partial charge in [-0.1, -0.05) is 187 Å². The van der Waals surface area contributed by atoms with E-state index in [1.165, 1.54) is 80.1 Å². The molecule has 1 aliphatic carbocycles. The van der Waals surface area contributed by atoms with Gasteiger partial charge in [-0.3, -0.25) is 4.99 Å². The number of unbranched alkanes of at least 4 members (excludes halogenated alkanes) is 5. The van der Waals surface area contributed by atoms with Crippen LogP contribution in [-0.4, -0.2) is 5.71 Å². The number of aliphatic imine (C=N–C) groups is 1. The van der Waals surface area contributed by atoms with Crippen LogP contribution in [0.5, 0.6) is 0 Å². The molecule has 1 fully saturated rings. The summed E-state index contributed by atoms with van der Waals surface area (Å²) in [5, 5.41) is 0. The molecule has 0 bridgehead atoms. The summed E-state index contributed by atoms with van der Waals surface area (Å²) in [6, 6.07) is 6.46. The first-order chi connectivity index (χ1) is 21.7. The third-order valence-electron chi connectivity index (χ3n) is 7.42. The first-order valence-electron chi connectivity index (χ1n) is 18.4. The Balaban J connectivity index is -0.000000843. The van der Waals surface area contributed by atoms with Gasteiger partial charge in [-0.05, 0) is 80.4 Å². The molecule has 1 nitrogen and oxygen atoms in total. The van der Waals surface area contributed by atoms with Crippen LogP contribution in [0.15, 0.2) is 89.5 Å². The number of nitrogens with zero attached hydrogens (tertiary/aromatic N) is 1. The minimum Gasteiger partial charge on any atom is -0.253 e. The first-order valence-corrected chi connectivity index (χ1v) is 18.4. The third kappa shape index (κ3) is 24.3. The van der Waals surface area contributed by atoms with Crippen LogP contribution in [0.4, 0.5) is 5.69 Å². The molecule has 0 amide bonds. The van der Waals surface area contributed by atoms with Crippen LogP contribution < -0.4 is 0 Å². The van der Waals surface area contributed by atoms with Gasteiger partial charge in [-0.15, -0.1) is 0 Å². The van der Waals surface area contributed by atoms with Crippen molar-refractivity contribution >= 4 is 17.0 Å². The molecule has 0 N–H and O–H groups in total. The average Bonchev–Trinajstić information content (AvgIpc) is 3.92. The molecule has 0 heterocycles.